The van der Waals surface area contributed by atoms with Gasteiger partial charge in [0.25, 0.3) is 0 Å². The highest BCUT2D eigenvalue weighted by Crippen LogP contribution is 2.18. The maximum atomic E-state index is 11.1. The molecule has 1 N–H and O–H groups in total. The number of hydrogen-bond acceptors (Lipinski definition) is 5. The Morgan fingerprint density at radius 1 is 1.25 bits per heavy atom. The van der Waals surface area contributed by atoms with E-state index >= 15 is 0 Å². The number of rotatable bonds is 10. The van der Waals surface area contributed by atoms with Crippen LogP contribution in [-0.4, -0.2) is 54.8 Å². The number of aryl methyl sites for hydroxylation is 1. The molecule has 1 aliphatic rings. The van der Waals surface area contributed by atoms with Crippen molar-refractivity contribution < 1.29 is 19.4 Å². The molecule has 5 nitrogen and oxygen atoms in total. The summed E-state index contributed by atoms with van der Waals surface area (Å²) in [7, 11) is 0. The van der Waals surface area contributed by atoms with Crippen LogP contribution in [0.15, 0.2) is 48.5 Å². The molecule has 0 aromatic heterocycles. The van der Waals surface area contributed by atoms with Gasteiger partial charge in [0.15, 0.2) is 6.29 Å². The van der Waals surface area contributed by atoms with Gasteiger partial charge in [-0.05, 0) is 37.5 Å². The van der Waals surface area contributed by atoms with Crippen molar-refractivity contribution in [2.45, 2.75) is 38.5 Å². The Morgan fingerprint density at radius 3 is 2.75 bits per heavy atom. The quantitative estimate of drug-likeness (QED) is 0.639. The maximum Gasteiger partial charge on any atom is 0.153 e. The largest absolute Gasteiger partial charge is 0.490 e. The molecule has 0 bridgehead atoms. The van der Waals surface area contributed by atoms with Gasteiger partial charge in [-0.2, -0.15) is 0 Å². The molecule has 2 aromatic rings. The summed E-state index contributed by atoms with van der Waals surface area (Å²) in [5, 5.41) is 10.5. The number of para-hydroxylation sites is 1. The monoisotopic (exact) mass is 383 g/mol. The summed E-state index contributed by atoms with van der Waals surface area (Å²) in [6, 6.07) is 15.5. The zero-order valence-corrected chi connectivity index (χ0v) is 16.4. The highest BCUT2D eigenvalue weighted by Gasteiger charge is 2.21. The van der Waals surface area contributed by atoms with Crippen molar-refractivity contribution in [2.24, 2.45) is 0 Å². The molecule has 0 saturated carbocycles. The van der Waals surface area contributed by atoms with E-state index < -0.39 is 6.10 Å². The van der Waals surface area contributed by atoms with Crippen molar-refractivity contribution in [2.75, 3.05) is 26.3 Å². The summed E-state index contributed by atoms with van der Waals surface area (Å²) in [5.74, 6) is 0.501. The van der Waals surface area contributed by atoms with Gasteiger partial charge in [-0.25, -0.2) is 0 Å². The van der Waals surface area contributed by atoms with E-state index in [1.165, 1.54) is 11.1 Å². The Bertz CT molecular complexity index is 741. The van der Waals surface area contributed by atoms with Gasteiger partial charge in [0.05, 0.1) is 11.7 Å². The smallest absolute Gasteiger partial charge is 0.153 e. The molecule has 1 fully saturated rings. The lowest BCUT2D eigenvalue weighted by Crippen LogP contribution is -2.39. The fraction of sp³-hybridized carbons (Fsp3) is 0.435. The Morgan fingerprint density at radius 2 is 2.04 bits per heavy atom. The van der Waals surface area contributed by atoms with E-state index in [4.69, 9.17) is 9.47 Å². The molecule has 2 aromatic carbocycles. The molecule has 0 amide bonds. The zero-order chi connectivity index (χ0) is 19.8. The maximum absolute atomic E-state index is 11.1. The molecule has 2 atom stereocenters. The lowest BCUT2D eigenvalue weighted by atomic mass is 10.1. The minimum absolute atomic E-state index is 0.140. The molecule has 28 heavy (non-hydrogen) atoms. The van der Waals surface area contributed by atoms with Crippen LogP contribution in [0, 0.1) is 6.92 Å². The average Bonchev–Trinajstić information content (AvgIpc) is 3.21. The number of benzene rings is 2. The molecular weight excluding hydrogens is 354 g/mol. The Kier molecular flexibility index (Phi) is 7.60. The number of hydrogen-bond donors (Lipinski definition) is 1. The first-order chi connectivity index (χ1) is 13.6. The third-order valence-corrected chi connectivity index (χ3v) is 4.96. The van der Waals surface area contributed by atoms with Crippen LogP contribution in [0.4, 0.5) is 0 Å². The fourth-order valence-electron chi connectivity index (χ4n) is 3.48. The van der Waals surface area contributed by atoms with E-state index in [1.54, 1.807) is 18.2 Å². The van der Waals surface area contributed by atoms with Crippen LogP contribution in [-0.2, 0) is 11.3 Å². The molecular formula is C23H29NO4. The van der Waals surface area contributed by atoms with E-state index in [2.05, 4.69) is 36.1 Å². The van der Waals surface area contributed by atoms with Crippen LogP contribution >= 0.6 is 0 Å². The normalized spacial score (nSPS) is 17.6. The standard InChI is InChI=1S/C23H29NO4/c1-18-8-10-19(11-9-18)13-24(15-22-6-4-12-27-22)14-21(26)17-28-23-7-3-2-5-20(23)16-25/h2-3,5,7-11,16,21-22,26H,4,6,12-15,17H2,1H3. The number of ether oxygens (including phenoxy) is 2. The Labute approximate surface area is 166 Å². The molecule has 150 valence electrons. The number of aliphatic hydroxyl groups excluding tert-OH is 1. The molecule has 5 heteroatoms. The van der Waals surface area contributed by atoms with Crippen molar-refractivity contribution in [3.05, 3.63) is 65.2 Å². The highest BCUT2D eigenvalue weighted by molar-refractivity contribution is 5.79. The third kappa shape index (κ3) is 6.16. The zero-order valence-electron chi connectivity index (χ0n) is 16.4. The second-order valence-corrected chi connectivity index (χ2v) is 7.44. The van der Waals surface area contributed by atoms with Crippen LogP contribution in [0.1, 0.15) is 34.3 Å². The lowest BCUT2D eigenvalue weighted by molar-refractivity contribution is 0.0312. The van der Waals surface area contributed by atoms with E-state index in [-0.39, 0.29) is 12.7 Å². The van der Waals surface area contributed by atoms with Crippen molar-refractivity contribution in [3.8, 4) is 5.75 Å². The minimum Gasteiger partial charge on any atom is -0.490 e. The first kappa shape index (κ1) is 20.5. The number of carbonyl (C=O) groups excluding carboxylic acids is 1. The number of carbonyl (C=O) groups is 1. The van der Waals surface area contributed by atoms with Crippen molar-refractivity contribution in [1.29, 1.82) is 0 Å². The van der Waals surface area contributed by atoms with Gasteiger partial charge in [-0.3, -0.25) is 9.69 Å². The van der Waals surface area contributed by atoms with Crippen molar-refractivity contribution >= 4 is 6.29 Å². The highest BCUT2D eigenvalue weighted by atomic mass is 16.5. The van der Waals surface area contributed by atoms with Gasteiger partial charge in [0.1, 0.15) is 18.5 Å². The molecule has 0 radical (unpaired) electrons. The molecule has 0 spiro atoms. The summed E-state index contributed by atoms with van der Waals surface area (Å²) < 4.78 is 11.5. The van der Waals surface area contributed by atoms with Gasteiger partial charge >= 0.3 is 0 Å². The van der Waals surface area contributed by atoms with Gasteiger partial charge in [-0.1, -0.05) is 42.0 Å². The summed E-state index contributed by atoms with van der Waals surface area (Å²) in [4.78, 5) is 13.3. The van der Waals surface area contributed by atoms with Crippen LogP contribution in [0.3, 0.4) is 0 Å². The summed E-state index contributed by atoms with van der Waals surface area (Å²) in [5.41, 5.74) is 2.94. The topological polar surface area (TPSA) is 59.0 Å². The van der Waals surface area contributed by atoms with Gasteiger partial charge in [0.2, 0.25) is 0 Å². The predicted molar refractivity (Wildman–Crippen MR) is 109 cm³/mol. The van der Waals surface area contributed by atoms with Gasteiger partial charge in [0, 0.05) is 26.2 Å². The van der Waals surface area contributed by atoms with E-state index in [9.17, 15) is 9.90 Å². The van der Waals surface area contributed by atoms with E-state index in [0.717, 1.165) is 38.8 Å². The number of nitrogens with zero attached hydrogens (tertiary/aromatic N) is 1. The second kappa shape index (κ2) is 10.4. The summed E-state index contributed by atoms with van der Waals surface area (Å²) in [6.07, 6.45) is 2.48. The van der Waals surface area contributed by atoms with Crippen LogP contribution < -0.4 is 4.74 Å². The molecule has 3 rings (SSSR count). The first-order valence-electron chi connectivity index (χ1n) is 9.88. The van der Waals surface area contributed by atoms with Gasteiger partial charge in [-0.15, -0.1) is 0 Å². The Hall–Kier alpha value is -2.21. The van der Waals surface area contributed by atoms with E-state index in [1.807, 2.05) is 6.07 Å². The predicted octanol–water partition coefficient (Wildman–Crippen LogP) is 3.23. The van der Waals surface area contributed by atoms with Crippen LogP contribution in [0.25, 0.3) is 0 Å². The van der Waals surface area contributed by atoms with Gasteiger partial charge < -0.3 is 14.6 Å². The number of aliphatic hydroxyl groups is 1. The SMILES string of the molecule is Cc1ccc(CN(CC(O)COc2ccccc2C=O)CC2CCCO2)cc1. The minimum atomic E-state index is -0.661. The second-order valence-electron chi connectivity index (χ2n) is 7.44. The fourth-order valence-corrected chi connectivity index (χ4v) is 3.48. The molecule has 0 aliphatic carbocycles. The average molecular weight is 383 g/mol. The molecule has 1 aliphatic heterocycles. The Balaban J connectivity index is 1.58. The third-order valence-electron chi connectivity index (χ3n) is 4.96. The summed E-state index contributed by atoms with van der Waals surface area (Å²) >= 11 is 0. The lowest BCUT2D eigenvalue weighted by Gasteiger charge is -2.27. The van der Waals surface area contributed by atoms with Crippen LogP contribution in [0.5, 0.6) is 5.75 Å². The number of aldehydes is 1. The van der Waals surface area contributed by atoms with Crippen molar-refractivity contribution in [3.63, 3.8) is 0 Å². The van der Waals surface area contributed by atoms with Crippen molar-refractivity contribution in [1.82, 2.24) is 4.90 Å². The van der Waals surface area contributed by atoms with E-state index in [0.29, 0.717) is 17.9 Å². The molecule has 1 saturated heterocycles. The van der Waals surface area contributed by atoms with Crippen LogP contribution in [0.2, 0.25) is 0 Å². The molecule has 1 heterocycles. The molecule has 2 unspecified atom stereocenters. The first-order valence-corrected chi connectivity index (χ1v) is 9.88. The summed E-state index contributed by atoms with van der Waals surface area (Å²) in [6.45, 7) is 5.05.